The molecule has 1 atom stereocenters. The summed E-state index contributed by atoms with van der Waals surface area (Å²) >= 11 is 0. The van der Waals surface area contributed by atoms with Gasteiger partial charge in [0, 0.05) is 13.0 Å². The van der Waals surface area contributed by atoms with Crippen LogP contribution in [-0.4, -0.2) is 23.8 Å². The standard InChI is InChI=1S/C17H18O3/c1-2-20-16(17(18)19)12-13-8-10-15(11-9-13)14-6-4-3-5-7-14/h3-11,16H,2,12H2,1H3,(H,18,19). The van der Waals surface area contributed by atoms with Crippen LogP contribution in [0.5, 0.6) is 0 Å². The van der Waals surface area contributed by atoms with Crippen LogP contribution in [0, 0.1) is 0 Å². The molecule has 104 valence electrons. The Kier molecular flexibility index (Phi) is 4.91. The van der Waals surface area contributed by atoms with E-state index in [-0.39, 0.29) is 0 Å². The maximum atomic E-state index is 11.1. The van der Waals surface area contributed by atoms with Crippen molar-refractivity contribution < 1.29 is 14.6 Å². The van der Waals surface area contributed by atoms with E-state index in [9.17, 15) is 4.79 Å². The van der Waals surface area contributed by atoms with Crippen molar-refractivity contribution in [1.82, 2.24) is 0 Å². The molecule has 0 radical (unpaired) electrons. The van der Waals surface area contributed by atoms with Gasteiger partial charge in [0.1, 0.15) is 0 Å². The smallest absolute Gasteiger partial charge is 0.333 e. The molecule has 3 nitrogen and oxygen atoms in total. The first kappa shape index (κ1) is 14.3. The van der Waals surface area contributed by atoms with E-state index in [1.54, 1.807) is 6.92 Å². The lowest BCUT2D eigenvalue weighted by molar-refractivity contribution is -0.149. The fraction of sp³-hybridized carbons (Fsp3) is 0.235. The van der Waals surface area contributed by atoms with E-state index >= 15 is 0 Å². The van der Waals surface area contributed by atoms with E-state index in [1.807, 2.05) is 42.5 Å². The molecule has 0 fully saturated rings. The predicted octanol–water partition coefficient (Wildman–Crippen LogP) is 3.39. The molecule has 0 spiro atoms. The maximum absolute atomic E-state index is 11.1. The number of ether oxygens (including phenoxy) is 1. The fourth-order valence-electron chi connectivity index (χ4n) is 2.10. The highest BCUT2D eigenvalue weighted by atomic mass is 16.5. The maximum Gasteiger partial charge on any atom is 0.333 e. The van der Waals surface area contributed by atoms with E-state index in [0.717, 1.165) is 16.7 Å². The summed E-state index contributed by atoms with van der Waals surface area (Å²) in [6.45, 7) is 2.20. The van der Waals surface area contributed by atoms with E-state index in [0.29, 0.717) is 13.0 Å². The van der Waals surface area contributed by atoms with Crippen LogP contribution in [0.4, 0.5) is 0 Å². The van der Waals surface area contributed by atoms with E-state index in [1.165, 1.54) is 0 Å². The second kappa shape index (κ2) is 6.87. The number of aliphatic carboxylic acids is 1. The minimum Gasteiger partial charge on any atom is -0.479 e. The zero-order chi connectivity index (χ0) is 14.4. The van der Waals surface area contributed by atoms with Gasteiger partial charge in [-0.05, 0) is 23.6 Å². The zero-order valence-electron chi connectivity index (χ0n) is 11.5. The third-order valence-corrected chi connectivity index (χ3v) is 3.13. The molecule has 2 aromatic rings. The van der Waals surface area contributed by atoms with Crippen molar-refractivity contribution in [3.05, 3.63) is 60.2 Å². The lowest BCUT2D eigenvalue weighted by atomic mass is 10.0. The van der Waals surface area contributed by atoms with Crippen molar-refractivity contribution in [3.63, 3.8) is 0 Å². The van der Waals surface area contributed by atoms with Gasteiger partial charge < -0.3 is 9.84 Å². The van der Waals surface area contributed by atoms with Crippen LogP contribution >= 0.6 is 0 Å². The summed E-state index contributed by atoms with van der Waals surface area (Å²) in [7, 11) is 0. The van der Waals surface area contributed by atoms with Crippen molar-refractivity contribution >= 4 is 5.97 Å². The van der Waals surface area contributed by atoms with Crippen LogP contribution in [0.25, 0.3) is 11.1 Å². The second-order valence-corrected chi connectivity index (χ2v) is 4.55. The largest absolute Gasteiger partial charge is 0.479 e. The second-order valence-electron chi connectivity index (χ2n) is 4.55. The van der Waals surface area contributed by atoms with Crippen molar-refractivity contribution in [2.45, 2.75) is 19.4 Å². The molecule has 0 aliphatic heterocycles. The van der Waals surface area contributed by atoms with Crippen LogP contribution in [0.15, 0.2) is 54.6 Å². The number of hydrogen-bond donors (Lipinski definition) is 1. The Bertz CT molecular complexity index is 546. The third kappa shape index (κ3) is 3.68. The quantitative estimate of drug-likeness (QED) is 0.875. The lowest BCUT2D eigenvalue weighted by Crippen LogP contribution is -2.26. The van der Waals surface area contributed by atoms with Gasteiger partial charge in [0.05, 0.1) is 0 Å². The first-order valence-electron chi connectivity index (χ1n) is 6.69. The summed E-state index contributed by atoms with van der Waals surface area (Å²) in [6.07, 6.45) is -0.388. The molecule has 1 N–H and O–H groups in total. The number of carboxylic acids is 1. The lowest BCUT2D eigenvalue weighted by Gasteiger charge is -2.12. The van der Waals surface area contributed by atoms with Crippen molar-refractivity contribution in [3.8, 4) is 11.1 Å². The van der Waals surface area contributed by atoms with Gasteiger partial charge in [-0.1, -0.05) is 54.6 Å². The van der Waals surface area contributed by atoms with Gasteiger partial charge in [0.25, 0.3) is 0 Å². The number of rotatable bonds is 6. The SMILES string of the molecule is CCOC(Cc1ccc(-c2ccccc2)cc1)C(=O)O. The monoisotopic (exact) mass is 270 g/mol. The highest BCUT2D eigenvalue weighted by molar-refractivity contribution is 5.73. The predicted molar refractivity (Wildman–Crippen MR) is 78.6 cm³/mol. The minimum atomic E-state index is -0.918. The normalized spacial score (nSPS) is 12.1. The number of benzene rings is 2. The Morgan fingerprint density at radius 2 is 1.65 bits per heavy atom. The van der Waals surface area contributed by atoms with Crippen LogP contribution in [0.3, 0.4) is 0 Å². The Labute approximate surface area is 118 Å². The highest BCUT2D eigenvalue weighted by Gasteiger charge is 2.17. The molecule has 0 aliphatic carbocycles. The topological polar surface area (TPSA) is 46.5 Å². The van der Waals surface area contributed by atoms with E-state index < -0.39 is 12.1 Å². The zero-order valence-corrected chi connectivity index (χ0v) is 11.5. The number of carboxylic acid groups (broad SMARTS) is 1. The van der Waals surface area contributed by atoms with Crippen LogP contribution in [-0.2, 0) is 16.0 Å². The molecule has 0 saturated carbocycles. The van der Waals surface area contributed by atoms with Crippen LogP contribution < -0.4 is 0 Å². The average molecular weight is 270 g/mol. The summed E-state index contributed by atoms with van der Waals surface area (Å²) in [5.74, 6) is -0.918. The summed E-state index contributed by atoms with van der Waals surface area (Å²) in [5.41, 5.74) is 3.24. The summed E-state index contributed by atoms with van der Waals surface area (Å²) in [5, 5.41) is 9.07. The molecule has 0 saturated heterocycles. The van der Waals surface area contributed by atoms with Gasteiger partial charge >= 0.3 is 5.97 Å². The first-order chi connectivity index (χ1) is 9.70. The molecular weight excluding hydrogens is 252 g/mol. The van der Waals surface area contributed by atoms with Crippen molar-refractivity contribution in [2.75, 3.05) is 6.61 Å². The van der Waals surface area contributed by atoms with E-state index in [2.05, 4.69) is 12.1 Å². The average Bonchev–Trinajstić information content (AvgIpc) is 2.48. The number of hydrogen-bond acceptors (Lipinski definition) is 2. The highest BCUT2D eigenvalue weighted by Crippen LogP contribution is 2.20. The molecule has 0 aliphatic rings. The summed E-state index contributed by atoms with van der Waals surface area (Å²) in [4.78, 5) is 11.1. The molecule has 1 unspecified atom stereocenters. The molecule has 0 amide bonds. The van der Waals surface area contributed by atoms with Gasteiger partial charge in [0.15, 0.2) is 6.10 Å². The van der Waals surface area contributed by atoms with Crippen molar-refractivity contribution in [2.24, 2.45) is 0 Å². The summed E-state index contributed by atoms with van der Waals surface area (Å²) < 4.78 is 5.22. The van der Waals surface area contributed by atoms with Crippen LogP contribution in [0.2, 0.25) is 0 Å². The molecule has 0 heterocycles. The fourth-order valence-corrected chi connectivity index (χ4v) is 2.10. The first-order valence-corrected chi connectivity index (χ1v) is 6.69. The van der Waals surface area contributed by atoms with Gasteiger partial charge in [-0.25, -0.2) is 4.79 Å². The van der Waals surface area contributed by atoms with Crippen LogP contribution in [0.1, 0.15) is 12.5 Å². The Hall–Kier alpha value is -2.13. The Balaban J connectivity index is 2.10. The van der Waals surface area contributed by atoms with Gasteiger partial charge in [-0.15, -0.1) is 0 Å². The molecular formula is C17H18O3. The Morgan fingerprint density at radius 3 is 2.20 bits per heavy atom. The van der Waals surface area contributed by atoms with E-state index in [4.69, 9.17) is 9.84 Å². The van der Waals surface area contributed by atoms with Gasteiger partial charge in [-0.3, -0.25) is 0 Å². The molecule has 2 aromatic carbocycles. The van der Waals surface area contributed by atoms with Gasteiger partial charge in [-0.2, -0.15) is 0 Å². The Morgan fingerprint density at radius 1 is 1.05 bits per heavy atom. The van der Waals surface area contributed by atoms with Crippen molar-refractivity contribution in [1.29, 1.82) is 0 Å². The molecule has 0 aromatic heterocycles. The minimum absolute atomic E-state index is 0.387. The van der Waals surface area contributed by atoms with Gasteiger partial charge in [0.2, 0.25) is 0 Å². The third-order valence-electron chi connectivity index (χ3n) is 3.13. The molecule has 2 rings (SSSR count). The molecule has 3 heteroatoms. The molecule has 20 heavy (non-hydrogen) atoms. The molecule has 0 bridgehead atoms. The summed E-state index contributed by atoms with van der Waals surface area (Å²) in [6, 6.07) is 18.0. The number of carbonyl (C=O) groups is 1.